The SMILES string of the molecule is C[C@@](N)(C(=O)[O-])C(F)(F)F. The van der Waals surface area contributed by atoms with Crippen molar-refractivity contribution < 1.29 is 23.1 Å². The lowest BCUT2D eigenvalue weighted by molar-refractivity contribution is -0.327. The van der Waals surface area contributed by atoms with Crippen LogP contribution in [-0.2, 0) is 4.79 Å². The number of aliphatic carboxylic acids is 1. The zero-order chi connectivity index (χ0) is 8.58. The second kappa shape index (κ2) is 2.12. The van der Waals surface area contributed by atoms with Gasteiger partial charge in [-0.2, -0.15) is 13.2 Å². The number of rotatable bonds is 1. The van der Waals surface area contributed by atoms with E-state index in [0.29, 0.717) is 6.92 Å². The summed E-state index contributed by atoms with van der Waals surface area (Å²) in [5, 5.41) is 9.71. The van der Waals surface area contributed by atoms with Crippen LogP contribution in [0.4, 0.5) is 13.2 Å². The summed E-state index contributed by atoms with van der Waals surface area (Å²) in [6.07, 6.45) is -4.97. The summed E-state index contributed by atoms with van der Waals surface area (Å²) in [5.41, 5.74) is 1.09. The molecule has 0 aromatic rings. The normalized spacial score (nSPS) is 18.1. The first-order valence-corrected chi connectivity index (χ1v) is 2.26. The third kappa shape index (κ3) is 1.38. The molecule has 0 aliphatic heterocycles. The van der Waals surface area contributed by atoms with Gasteiger partial charge < -0.3 is 15.6 Å². The molecule has 0 aliphatic rings. The first-order valence-electron chi connectivity index (χ1n) is 2.26. The Labute approximate surface area is 54.6 Å². The summed E-state index contributed by atoms with van der Waals surface area (Å²) < 4.78 is 34.6. The first kappa shape index (κ1) is 9.22. The summed E-state index contributed by atoms with van der Waals surface area (Å²) in [6.45, 7) is 0.336. The van der Waals surface area contributed by atoms with E-state index in [1.807, 2.05) is 0 Å². The smallest absolute Gasteiger partial charge is 0.411 e. The van der Waals surface area contributed by atoms with Crippen LogP contribution in [0.3, 0.4) is 0 Å². The van der Waals surface area contributed by atoms with Crippen LogP contribution in [-0.4, -0.2) is 17.7 Å². The molecule has 0 bridgehead atoms. The molecule has 0 aromatic heterocycles. The summed E-state index contributed by atoms with van der Waals surface area (Å²) in [5.74, 6) is -2.33. The van der Waals surface area contributed by atoms with Crippen molar-refractivity contribution in [1.82, 2.24) is 0 Å². The molecule has 0 saturated heterocycles. The Hall–Kier alpha value is -0.780. The molecule has 10 heavy (non-hydrogen) atoms. The minimum absolute atomic E-state index is 0.336. The molecule has 0 spiro atoms. The minimum Gasteiger partial charge on any atom is -0.548 e. The molecule has 0 fully saturated rings. The van der Waals surface area contributed by atoms with Crippen LogP contribution in [0, 0.1) is 0 Å². The molecule has 6 heteroatoms. The van der Waals surface area contributed by atoms with E-state index in [1.165, 1.54) is 0 Å². The van der Waals surface area contributed by atoms with Gasteiger partial charge in [0.15, 0.2) is 0 Å². The van der Waals surface area contributed by atoms with Gasteiger partial charge in [-0.3, -0.25) is 0 Å². The van der Waals surface area contributed by atoms with Gasteiger partial charge in [0.1, 0.15) is 5.54 Å². The van der Waals surface area contributed by atoms with E-state index in [4.69, 9.17) is 0 Å². The molecule has 2 N–H and O–H groups in total. The maximum absolute atomic E-state index is 11.5. The molecule has 0 aliphatic carbocycles. The Balaban J connectivity index is 4.57. The predicted octanol–water partition coefficient (Wildman–Crippen LogP) is -0.984. The van der Waals surface area contributed by atoms with Crippen LogP contribution in [0.15, 0.2) is 0 Å². The van der Waals surface area contributed by atoms with Gasteiger partial charge in [-0.05, 0) is 6.92 Å². The molecule has 0 aromatic carbocycles. The fraction of sp³-hybridized carbons (Fsp3) is 0.750. The highest BCUT2D eigenvalue weighted by Crippen LogP contribution is 2.26. The number of hydrogen-bond donors (Lipinski definition) is 1. The zero-order valence-electron chi connectivity index (χ0n) is 5.03. The lowest BCUT2D eigenvalue weighted by Crippen LogP contribution is -2.62. The third-order valence-corrected chi connectivity index (χ3v) is 1.01. The molecular weight excluding hydrogens is 151 g/mol. The molecule has 0 amide bonds. The Morgan fingerprint density at radius 2 is 1.80 bits per heavy atom. The summed E-state index contributed by atoms with van der Waals surface area (Å²) in [6, 6.07) is 0. The second-order valence-corrected chi connectivity index (χ2v) is 1.99. The van der Waals surface area contributed by atoms with Crippen LogP contribution in [0.1, 0.15) is 6.92 Å². The number of carboxylic acid groups (broad SMARTS) is 1. The van der Waals surface area contributed by atoms with Gasteiger partial charge >= 0.3 is 6.18 Å². The van der Waals surface area contributed by atoms with Crippen molar-refractivity contribution in [2.24, 2.45) is 5.73 Å². The summed E-state index contributed by atoms with van der Waals surface area (Å²) in [7, 11) is 0. The molecule has 60 valence electrons. The van der Waals surface area contributed by atoms with E-state index in [2.05, 4.69) is 5.73 Å². The van der Waals surface area contributed by atoms with Gasteiger partial charge in [-0.25, -0.2) is 0 Å². The molecule has 0 rings (SSSR count). The van der Waals surface area contributed by atoms with Crippen molar-refractivity contribution in [2.75, 3.05) is 0 Å². The fourth-order valence-electron chi connectivity index (χ4n) is 0.116. The van der Waals surface area contributed by atoms with E-state index in [-0.39, 0.29) is 0 Å². The maximum atomic E-state index is 11.5. The number of carbonyl (C=O) groups excluding carboxylic acids is 1. The third-order valence-electron chi connectivity index (χ3n) is 1.01. The van der Waals surface area contributed by atoms with Crippen molar-refractivity contribution >= 4 is 5.97 Å². The molecule has 0 heterocycles. The molecule has 0 saturated carbocycles. The Kier molecular flexibility index (Phi) is 1.95. The van der Waals surface area contributed by atoms with Gasteiger partial charge in [-0.1, -0.05) is 0 Å². The number of carbonyl (C=O) groups is 1. The number of nitrogens with two attached hydrogens (primary N) is 1. The van der Waals surface area contributed by atoms with Crippen molar-refractivity contribution in [3.63, 3.8) is 0 Å². The topological polar surface area (TPSA) is 66.2 Å². The number of carboxylic acids is 1. The monoisotopic (exact) mass is 156 g/mol. The van der Waals surface area contributed by atoms with Crippen LogP contribution in [0.5, 0.6) is 0 Å². The van der Waals surface area contributed by atoms with Crippen molar-refractivity contribution in [3.8, 4) is 0 Å². The van der Waals surface area contributed by atoms with Crippen molar-refractivity contribution in [1.29, 1.82) is 0 Å². The van der Waals surface area contributed by atoms with Gasteiger partial charge in [0.05, 0.1) is 5.97 Å². The summed E-state index contributed by atoms with van der Waals surface area (Å²) in [4.78, 5) is 9.71. The van der Waals surface area contributed by atoms with Crippen LogP contribution >= 0.6 is 0 Å². The standard InChI is InChI=1S/C4H6F3NO2/c1-3(8,2(9)10)4(5,6)7/h8H2,1H3,(H,9,10)/p-1/t3-/m1/s1. The fourth-order valence-corrected chi connectivity index (χ4v) is 0.116. The summed E-state index contributed by atoms with van der Waals surface area (Å²) >= 11 is 0. The molecule has 1 atom stereocenters. The van der Waals surface area contributed by atoms with Gasteiger partial charge in [0, 0.05) is 0 Å². The molecular formula is C4H5F3NO2-. The minimum atomic E-state index is -4.97. The lowest BCUT2D eigenvalue weighted by atomic mass is 10.1. The molecule has 0 radical (unpaired) electrons. The first-order chi connectivity index (χ1) is 4.19. The van der Waals surface area contributed by atoms with E-state index >= 15 is 0 Å². The Morgan fingerprint density at radius 1 is 1.50 bits per heavy atom. The Morgan fingerprint density at radius 3 is 1.80 bits per heavy atom. The highest BCUT2D eigenvalue weighted by atomic mass is 19.4. The lowest BCUT2D eigenvalue weighted by Gasteiger charge is -2.27. The van der Waals surface area contributed by atoms with Crippen molar-refractivity contribution in [3.05, 3.63) is 0 Å². The van der Waals surface area contributed by atoms with Gasteiger partial charge in [0.2, 0.25) is 0 Å². The van der Waals surface area contributed by atoms with Crippen LogP contribution in [0.2, 0.25) is 0 Å². The number of alkyl halides is 3. The average molecular weight is 156 g/mol. The van der Waals surface area contributed by atoms with E-state index in [1.54, 1.807) is 0 Å². The molecule has 3 nitrogen and oxygen atoms in total. The van der Waals surface area contributed by atoms with E-state index in [9.17, 15) is 23.1 Å². The Bertz CT molecular complexity index is 151. The number of halogens is 3. The number of hydrogen-bond acceptors (Lipinski definition) is 3. The maximum Gasteiger partial charge on any atom is 0.411 e. The second-order valence-electron chi connectivity index (χ2n) is 1.99. The van der Waals surface area contributed by atoms with Crippen LogP contribution < -0.4 is 10.8 Å². The van der Waals surface area contributed by atoms with Crippen LogP contribution in [0.25, 0.3) is 0 Å². The van der Waals surface area contributed by atoms with E-state index < -0.39 is 17.7 Å². The van der Waals surface area contributed by atoms with Gasteiger partial charge in [0.25, 0.3) is 0 Å². The van der Waals surface area contributed by atoms with Crippen molar-refractivity contribution in [2.45, 2.75) is 18.6 Å². The quantitative estimate of drug-likeness (QED) is 0.530. The predicted molar refractivity (Wildman–Crippen MR) is 23.7 cm³/mol. The highest BCUT2D eigenvalue weighted by Gasteiger charge is 2.49. The van der Waals surface area contributed by atoms with Gasteiger partial charge in [-0.15, -0.1) is 0 Å². The van der Waals surface area contributed by atoms with E-state index in [0.717, 1.165) is 0 Å². The molecule has 0 unspecified atom stereocenters. The highest BCUT2D eigenvalue weighted by molar-refractivity contribution is 5.76. The zero-order valence-corrected chi connectivity index (χ0v) is 5.03. The largest absolute Gasteiger partial charge is 0.548 e. The average Bonchev–Trinajstić information content (AvgIpc) is 1.62.